The third-order valence-electron chi connectivity index (χ3n) is 3.00. The van der Waals surface area contributed by atoms with Crippen LogP contribution in [0.3, 0.4) is 0 Å². The van der Waals surface area contributed by atoms with Crippen LogP contribution in [0.5, 0.6) is 0 Å². The minimum Gasteiger partial charge on any atom is -0.460 e. The molecule has 1 heterocycles. The van der Waals surface area contributed by atoms with Crippen LogP contribution in [-0.4, -0.2) is 21.5 Å². The fraction of sp³-hybridized carbons (Fsp3) is 0.615. The number of hydrogen-bond acceptors (Lipinski definition) is 4. The summed E-state index contributed by atoms with van der Waals surface area (Å²) in [6.07, 6.45) is 3.23. The maximum atomic E-state index is 11.9. The van der Waals surface area contributed by atoms with E-state index in [2.05, 4.69) is 16.9 Å². The summed E-state index contributed by atoms with van der Waals surface area (Å²) in [6, 6.07) is 1.87. The van der Waals surface area contributed by atoms with E-state index in [9.17, 15) is 4.79 Å². The summed E-state index contributed by atoms with van der Waals surface area (Å²) in [5.41, 5.74) is 0.513. The molecule has 4 nitrogen and oxygen atoms in total. The van der Waals surface area contributed by atoms with Gasteiger partial charge in [-0.05, 0) is 32.8 Å². The average Bonchev–Trinajstić information content (AvgIpc) is 2.89. The summed E-state index contributed by atoms with van der Waals surface area (Å²) in [6.45, 7) is 7.72. The van der Waals surface area contributed by atoms with Crippen LogP contribution in [0, 0.1) is 11.8 Å². The predicted molar refractivity (Wildman–Crippen MR) is 63.3 cm³/mol. The minimum absolute atomic E-state index is 0.0517. The van der Waals surface area contributed by atoms with Gasteiger partial charge in [0, 0.05) is 17.8 Å². The Kier molecular flexibility index (Phi) is 2.89. The third-order valence-corrected chi connectivity index (χ3v) is 3.00. The molecule has 1 aliphatic carbocycles. The maximum absolute atomic E-state index is 11.9. The Balaban J connectivity index is 2.04. The van der Waals surface area contributed by atoms with Crippen LogP contribution in [0.25, 0.3) is 0 Å². The normalized spacial score (nSPS) is 27.6. The van der Waals surface area contributed by atoms with E-state index >= 15 is 0 Å². The summed E-state index contributed by atoms with van der Waals surface area (Å²) >= 11 is 0. The van der Waals surface area contributed by atoms with Gasteiger partial charge in [0.15, 0.2) is 0 Å². The number of aromatic nitrogens is 2. The first kappa shape index (κ1) is 12.0. The smallest absolute Gasteiger partial charge is 0.310 e. The van der Waals surface area contributed by atoms with Crippen LogP contribution in [0.2, 0.25) is 0 Å². The van der Waals surface area contributed by atoms with Crippen molar-refractivity contribution in [2.24, 2.45) is 11.8 Å². The van der Waals surface area contributed by atoms with E-state index in [1.807, 2.05) is 26.8 Å². The van der Waals surface area contributed by atoms with Crippen LogP contribution in [0.1, 0.15) is 39.3 Å². The van der Waals surface area contributed by atoms with Crippen LogP contribution in [-0.2, 0) is 9.53 Å². The molecule has 17 heavy (non-hydrogen) atoms. The Morgan fingerprint density at radius 1 is 1.41 bits per heavy atom. The molecule has 0 N–H and O–H groups in total. The molecule has 1 saturated carbocycles. The van der Waals surface area contributed by atoms with Crippen molar-refractivity contribution in [1.82, 2.24) is 9.97 Å². The predicted octanol–water partition coefficient (Wildman–Crippen LogP) is 2.17. The first-order chi connectivity index (χ1) is 7.90. The van der Waals surface area contributed by atoms with Gasteiger partial charge >= 0.3 is 5.97 Å². The molecule has 92 valence electrons. The number of carbonyl (C=O) groups excluding carboxylic acids is 1. The average molecular weight is 234 g/mol. The Labute approximate surface area is 101 Å². The van der Waals surface area contributed by atoms with Gasteiger partial charge in [-0.2, -0.15) is 0 Å². The van der Waals surface area contributed by atoms with Gasteiger partial charge in [-0.1, -0.05) is 6.92 Å². The van der Waals surface area contributed by atoms with E-state index in [1.54, 1.807) is 6.20 Å². The lowest BCUT2D eigenvalue weighted by Crippen LogP contribution is -2.25. The quantitative estimate of drug-likeness (QED) is 0.736. The molecule has 0 spiro atoms. The van der Waals surface area contributed by atoms with Crippen molar-refractivity contribution < 1.29 is 9.53 Å². The zero-order chi connectivity index (χ0) is 12.6. The number of ether oxygens (including phenoxy) is 1. The zero-order valence-electron chi connectivity index (χ0n) is 10.7. The van der Waals surface area contributed by atoms with Gasteiger partial charge in [0.25, 0.3) is 0 Å². The van der Waals surface area contributed by atoms with Crippen LogP contribution >= 0.6 is 0 Å². The van der Waals surface area contributed by atoms with Crippen LogP contribution in [0.4, 0.5) is 0 Å². The first-order valence-corrected chi connectivity index (χ1v) is 5.89. The maximum Gasteiger partial charge on any atom is 0.310 e. The van der Waals surface area contributed by atoms with Gasteiger partial charge in [-0.25, -0.2) is 9.97 Å². The van der Waals surface area contributed by atoms with Crippen molar-refractivity contribution in [3.63, 3.8) is 0 Å². The summed E-state index contributed by atoms with van der Waals surface area (Å²) in [4.78, 5) is 20.0. The van der Waals surface area contributed by atoms with Crippen molar-refractivity contribution >= 4 is 5.97 Å². The number of nitrogens with zero attached hydrogens (tertiary/aromatic N) is 2. The Bertz CT molecular complexity index is 411. The molecule has 3 atom stereocenters. The third kappa shape index (κ3) is 2.62. The molecule has 0 aliphatic heterocycles. The second-order valence-corrected chi connectivity index (χ2v) is 5.58. The van der Waals surface area contributed by atoms with Gasteiger partial charge in [-0.3, -0.25) is 4.79 Å². The highest BCUT2D eigenvalue weighted by Crippen LogP contribution is 2.53. The summed E-state index contributed by atoms with van der Waals surface area (Å²) in [5.74, 6) is 0.324. The SMILES string of the molecule is C[C@H]1C(C(=O)OC(C)(C)C)C1c1ccncn1. The van der Waals surface area contributed by atoms with E-state index in [0.29, 0.717) is 5.92 Å². The number of esters is 1. The molecule has 1 fully saturated rings. The van der Waals surface area contributed by atoms with Gasteiger partial charge in [0.1, 0.15) is 11.9 Å². The van der Waals surface area contributed by atoms with E-state index in [1.165, 1.54) is 6.33 Å². The Morgan fingerprint density at radius 2 is 2.12 bits per heavy atom. The standard InChI is InChI=1S/C13H18N2O2/c1-8-10(9-5-6-14-7-15-9)11(8)12(16)17-13(2,3)4/h5-8,10-11H,1-4H3/t8-,10?,11?/m1/s1. The lowest BCUT2D eigenvalue weighted by atomic mass is 10.2. The Morgan fingerprint density at radius 3 is 2.65 bits per heavy atom. The van der Waals surface area contributed by atoms with Gasteiger partial charge in [-0.15, -0.1) is 0 Å². The summed E-state index contributed by atoms with van der Waals surface area (Å²) < 4.78 is 5.40. The van der Waals surface area contributed by atoms with Crippen molar-refractivity contribution in [1.29, 1.82) is 0 Å². The molecular formula is C13H18N2O2. The van der Waals surface area contributed by atoms with Crippen molar-refractivity contribution in [3.05, 3.63) is 24.3 Å². The lowest BCUT2D eigenvalue weighted by molar-refractivity contribution is -0.156. The van der Waals surface area contributed by atoms with Crippen LogP contribution in [0.15, 0.2) is 18.6 Å². The molecule has 2 unspecified atom stereocenters. The van der Waals surface area contributed by atoms with Gasteiger partial charge in [0.2, 0.25) is 0 Å². The lowest BCUT2D eigenvalue weighted by Gasteiger charge is -2.19. The van der Waals surface area contributed by atoms with E-state index in [0.717, 1.165) is 5.69 Å². The monoisotopic (exact) mass is 234 g/mol. The minimum atomic E-state index is -0.421. The molecular weight excluding hydrogens is 216 g/mol. The molecule has 1 aromatic rings. The summed E-state index contributed by atoms with van der Waals surface area (Å²) in [5, 5.41) is 0. The zero-order valence-corrected chi connectivity index (χ0v) is 10.7. The molecule has 0 aromatic carbocycles. The number of carbonyl (C=O) groups is 1. The van der Waals surface area contributed by atoms with Crippen molar-refractivity contribution in [2.45, 2.75) is 39.2 Å². The van der Waals surface area contributed by atoms with E-state index in [-0.39, 0.29) is 17.8 Å². The first-order valence-electron chi connectivity index (χ1n) is 5.89. The molecule has 0 bridgehead atoms. The van der Waals surface area contributed by atoms with E-state index < -0.39 is 5.60 Å². The molecule has 2 rings (SSSR count). The largest absolute Gasteiger partial charge is 0.460 e. The number of hydrogen-bond donors (Lipinski definition) is 0. The topological polar surface area (TPSA) is 52.1 Å². The van der Waals surface area contributed by atoms with Crippen molar-refractivity contribution in [2.75, 3.05) is 0 Å². The van der Waals surface area contributed by atoms with Crippen LogP contribution < -0.4 is 0 Å². The highest BCUT2D eigenvalue weighted by molar-refractivity contribution is 5.78. The highest BCUT2D eigenvalue weighted by atomic mass is 16.6. The second-order valence-electron chi connectivity index (χ2n) is 5.58. The fourth-order valence-corrected chi connectivity index (χ4v) is 2.15. The second kappa shape index (κ2) is 4.09. The van der Waals surface area contributed by atoms with Crippen molar-refractivity contribution in [3.8, 4) is 0 Å². The molecule has 0 amide bonds. The molecule has 0 saturated heterocycles. The molecule has 4 heteroatoms. The van der Waals surface area contributed by atoms with E-state index in [4.69, 9.17) is 4.74 Å². The molecule has 0 radical (unpaired) electrons. The van der Waals surface area contributed by atoms with Gasteiger partial charge in [0.05, 0.1) is 5.92 Å². The van der Waals surface area contributed by atoms with Gasteiger partial charge < -0.3 is 4.74 Å². The molecule has 1 aliphatic rings. The fourth-order valence-electron chi connectivity index (χ4n) is 2.15. The Hall–Kier alpha value is -1.45. The number of rotatable bonds is 2. The molecule has 1 aromatic heterocycles. The highest BCUT2D eigenvalue weighted by Gasteiger charge is 2.54. The summed E-state index contributed by atoms with van der Waals surface area (Å²) in [7, 11) is 0.